The van der Waals surface area contributed by atoms with Crippen molar-refractivity contribution in [3.8, 4) is 0 Å². The molecule has 19 heavy (non-hydrogen) atoms. The first kappa shape index (κ1) is 13.2. The Morgan fingerprint density at radius 1 is 1.21 bits per heavy atom. The van der Waals surface area contributed by atoms with Gasteiger partial charge in [0.25, 0.3) is 0 Å². The number of hydrogen-bond donors (Lipinski definition) is 2. The van der Waals surface area contributed by atoms with Crippen LogP contribution in [0.15, 0.2) is 12.1 Å². The zero-order valence-corrected chi connectivity index (χ0v) is 9.49. The van der Waals surface area contributed by atoms with Gasteiger partial charge in [0.1, 0.15) is 11.5 Å². The molecular weight excluding hydrogens is 265 g/mol. The summed E-state index contributed by atoms with van der Waals surface area (Å²) in [4.78, 5) is 23.2. The molecule has 0 aliphatic carbocycles. The van der Waals surface area contributed by atoms with Crippen molar-refractivity contribution in [3.05, 3.63) is 29.6 Å². The van der Waals surface area contributed by atoms with Gasteiger partial charge in [-0.1, -0.05) is 0 Å². The maximum absolute atomic E-state index is 13.3. The maximum Gasteiger partial charge on any atom is 0.322 e. The summed E-state index contributed by atoms with van der Waals surface area (Å²) in [5.41, 5.74) is -0.759. The minimum atomic E-state index is -1.24. The summed E-state index contributed by atoms with van der Waals surface area (Å²) in [5, 5.41) is 10.6. The van der Waals surface area contributed by atoms with E-state index in [1.165, 1.54) is 0 Å². The predicted octanol–water partition coefficient (Wildman–Crippen LogP) is 1.65. The molecule has 0 saturated carbocycles. The highest BCUT2D eigenvalue weighted by atomic mass is 19.1. The first-order valence-corrected chi connectivity index (χ1v) is 5.31. The molecule has 5 nitrogen and oxygen atoms in total. The van der Waals surface area contributed by atoms with Crippen LogP contribution in [0.1, 0.15) is 0 Å². The van der Waals surface area contributed by atoms with Crippen molar-refractivity contribution < 1.29 is 27.9 Å². The van der Waals surface area contributed by atoms with Gasteiger partial charge in [-0.25, -0.2) is 18.0 Å². The van der Waals surface area contributed by atoms with Gasteiger partial charge < -0.3 is 15.3 Å². The molecule has 0 bridgehead atoms. The molecule has 1 saturated heterocycles. The van der Waals surface area contributed by atoms with Gasteiger partial charge in [0, 0.05) is 25.2 Å². The average molecular weight is 274 g/mol. The number of rotatable bonds is 2. The third-order valence-electron chi connectivity index (χ3n) is 2.76. The fourth-order valence-corrected chi connectivity index (χ4v) is 1.65. The summed E-state index contributed by atoms with van der Waals surface area (Å²) < 4.78 is 39.2. The number of carboxylic acid groups (broad SMARTS) is 1. The van der Waals surface area contributed by atoms with E-state index in [9.17, 15) is 22.8 Å². The number of carbonyl (C=O) groups is 2. The first-order valence-electron chi connectivity index (χ1n) is 5.31. The number of carbonyl (C=O) groups excluding carboxylic acids is 1. The fourth-order valence-electron chi connectivity index (χ4n) is 1.65. The molecule has 1 aliphatic rings. The highest BCUT2D eigenvalue weighted by Crippen LogP contribution is 2.22. The Morgan fingerprint density at radius 3 is 2.21 bits per heavy atom. The highest BCUT2D eigenvalue weighted by molar-refractivity contribution is 5.91. The second-order valence-electron chi connectivity index (χ2n) is 4.11. The van der Waals surface area contributed by atoms with Crippen LogP contribution in [0.3, 0.4) is 0 Å². The van der Waals surface area contributed by atoms with E-state index < -0.39 is 41.1 Å². The van der Waals surface area contributed by atoms with Crippen molar-refractivity contribution in [2.75, 3.05) is 18.4 Å². The first-order chi connectivity index (χ1) is 8.88. The molecular formula is C11H9F3N2O3. The molecule has 8 heteroatoms. The number of anilines is 1. The van der Waals surface area contributed by atoms with Crippen LogP contribution in [0, 0.1) is 23.4 Å². The number of amides is 2. The number of halogens is 3. The molecule has 1 aromatic carbocycles. The monoisotopic (exact) mass is 274 g/mol. The average Bonchev–Trinajstić information content (AvgIpc) is 2.20. The fraction of sp³-hybridized carbons (Fsp3) is 0.273. The van der Waals surface area contributed by atoms with E-state index in [1.54, 1.807) is 0 Å². The van der Waals surface area contributed by atoms with Crippen LogP contribution in [0.25, 0.3) is 0 Å². The molecule has 1 aromatic rings. The van der Waals surface area contributed by atoms with E-state index in [1.807, 2.05) is 5.32 Å². The molecule has 1 aliphatic heterocycles. The van der Waals surface area contributed by atoms with Gasteiger partial charge in [0.2, 0.25) is 0 Å². The van der Waals surface area contributed by atoms with Crippen LogP contribution in [-0.4, -0.2) is 35.1 Å². The lowest BCUT2D eigenvalue weighted by Gasteiger charge is -2.36. The van der Waals surface area contributed by atoms with E-state index in [-0.39, 0.29) is 13.1 Å². The summed E-state index contributed by atoms with van der Waals surface area (Å²) >= 11 is 0. The Kier molecular flexibility index (Phi) is 3.32. The van der Waals surface area contributed by atoms with Crippen molar-refractivity contribution in [2.24, 2.45) is 5.92 Å². The molecule has 2 rings (SSSR count). The number of urea groups is 1. The standard InChI is InChI=1S/C11H9F3N2O3/c12-6-1-7(13)9(8(14)2-6)15-11(19)16-3-5(4-16)10(17)18/h1-2,5H,3-4H2,(H,15,19)(H,17,18). The van der Waals surface area contributed by atoms with Gasteiger partial charge >= 0.3 is 12.0 Å². The van der Waals surface area contributed by atoms with E-state index in [2.05, 4.69) is 0 Å². The largest absolute Gasteiger partial charge is 0.481 e. The lowest BCUT2D eigenvalue weighted by molar-refractivity contribution is -0.145. The van der Waals surface area contributed by atoms with E-state index in [0.29, 0.717) is 12.1 Å². The second-order valence-corrected chi connectivity index (χ2v) is 4.11. The molecule has 1 heterocycles. The summed E-state index contributed by atoms with van der Waals surface area (Å²) in [6.45, 7) is -0.0722. The summed E-state index contributed by atoms with van der Waals surface area (Å²) in [5.74, 6) is -5.28. The van der Waals surface area contributed by atoms with Crippen molar-refractivity contribution in [2.45, 2.75) is 0 Å². The minimum Gasteiger partial charge on any atom is -0.481 e. The normalized spacial score (nSPS) is 15.0. The SMILES string of the molecule is O=C(O)C1CN(C(=O)Nc2c(F)cc(F)cc2F)C1. The molecule has 102 valence electrons. The van der Waals surface area contributed by atoms with Crippen molar-refractivity contribution in [1.29, 1.82) is 0 Å². The van der Waals surface area contributed by atoms with E-state index in [0.717, 1.165) is 4.90 Å². The van der Waals surface area contributed by atoms with Crippen molar-refractivity contribution >= 4 is 17.7 Å². The number of nitrogens with one attached hydrogen (secondary N) is 1. The third-order valence-corrected chi connectivity index (χ3v) is 2.76. The molecule has 0 spiro atoms. The topological polar surface area (TPSA) is 69.6 Å². The van der Waals surface area contributed by atoms with Gasteiger partial charge in [0.15, 0.2) is 11.6 Å². The highest BCUT2D eigenvalue weighted by Gasteiger charge is 2.36. The minimum absolute atomic E-state index is 0.0361. The molecule has 0 unspecified atom stereocenters. The number of aliphatic carboxylic acids is 1. The van der Waals surface area contributed by atoms with Crippen LogP contribution in [0.2, 0.25) is 0 Å². The molecule has 1 fully saturated rings. The van der Waals surface area contributed by atoms with Crippen LogP contribution in [-0.2, 0) is 4.79 Å². The Balaban J connectivity index is 2.03. The lowest BCUT2D eigenvalue weighted by Crippen LogP contribution is -2.54. The van der Waals surface area contributed by atoms with Gasteiger partial charge in [-0.15, -0.1) is 0 Å². The third kappa shape index (κ3) is 2.61. The van der Waals surface area contributed by atoms with Gasteiger partial charge in [-0.3, -0.25) is 4.79 Å². The molecule has 2 amide bonds. The molecule has 0 atom stereocenters. The van der Waals surface area contributed by atoms with Crippen molar-refractivity contribution in [3.63, 3.8) is 0 Å². The maximum atomic E-state index is 13.3. The Morgan fingerprint density at radius 2 is 1.74 bits per heavy atom. The zero-order valence-electron chi connectivity index (χ0n) is 9.49. The number of likely N-dealkylation sites (tertiary alicyclic amines) is 1. The van der Waals surface area contributed by atoms with Crippen LogP contribution < -0.4 is 5.32 Å². The van der Waals surface area contributed by atoms with Crippen LogP contribution in [0.5, 0.6) is 0 Å². The Labute approximate surface area is 105 Å². The van der Waals surface area contributed by atoms with Crippen molar-refractivity contribution in [1.82, 2.24) is 4.90 Å². The van der Waals surface area contributed by atoms with E-state index in [4.69, 9.17) is 5.11 Å². The summed E-state index contributed by atoms with van der Waals surface area (Å²) in [6, 6.07) is 0.0471. The number of benzene rings is 1. The number of hydrogen-bond acceptors (Lipinski definition) is 2. The summed E-state index contributed by atoms with van der Waals surface area (Å²) in [7, 11) is 0. The molecule has 0 aromatic heterocycles. The second kappa shape index (κ2) is 4.79. The van der Waals surface area contributed by atoms with Gasteiger partial charge in [-0.2, -0.15) is 0 Å². The Hall–Kier alpha value is -2.25. The smallest absolute Gasteiger partial charge is 0.322 e. The van der Waals surface area contributed by atoms with Crippen LogP contribution in [0.4, 0.5) is 23.7 Å². The lowest BCUT2D eigenvalue weighted by atomic mass is 10.0. The predicted molar refractivity (Wildman–Crippen MR) is 58.0 cm³/mol. The quantitative estimate of drug-likeness (QED) is 0.861. The Bertz CT molecular complexity index is 521. The number of nitrogens with zero attached hydrogens (tertiary/aromatic N) is 1. The molecule has 2 N–H and O–H groups in total. The number of carboxylic acids is 1. The van der Waals surface area contributed by atoms with Gasteiger partial charge in [-0.05, 0) is 0 Å². The van der Waals surface area contributed by atoms with Gasteiger partial charge in [0.05, 0.1) is 5.92 Å². The van der Waals surface area contributed by atoms with E-state index >= 15 is 0 Å². The van der Waals surface area contributed by atoms with Crippen LogP contribution >= 0.6 is 0 Å². The zero-order chi connectivity index (χ0) is 14.2. The molecule has 0 radical (unpaired) electrons. The summed E-state index contributed by atoms with van der Waals surface area (Å²) in [6.07, 6.45) is 0.